The van der Waals surface area contributed by atoms with Crippen LogP contribution in [0, 0.1) is 6.92 Å². The second kappa shape index (κ2) is 7.42. The zero-order chi connectivity index (χ0) is 16.9. The summed E-state index contributed by atoms with van der Waals surface area (Å²) in [6, 6.07) is 15.6. The van der Waals surface area contributed by atoms with Gasteiger partial charge in [-0.15, -0.1) is 5.10 Å². The number of rotatable bonds is 4. The molecule has 1 heterocycles. The Labute approximate surface area is 150 Å². The summed E-state index contributed by atoms with van der Waals surface area (Å²) < 4.78 is 1.76. The van der Waals surface area contributed by atoms with Gasteiger partial charge in [0.1, 0.15) is 6.33 Å². The lowest BCUT2D eigenvalue weighted by Gasteiger charge is -2.08. The Morgan fingerprint density at radius 1 is 1.17 bits per heavy atom. The first-order valence-electron chi connectivity index (χ1n) is 7.37. The molecule has 122 valence electrons. The minimum Gasteiger partial charge on any atom is -0.332 e. The minimum atomic E-state index is 0.408. The fourth-order valence-corrected chi connectivity index (χ4v) is 2.54. The maximum Gasteiger partial charge on any atom is 0.248 e. The Morgan fingerprint density at radius 3 is 2.71 bits per heavy atom. The Balaban J connectivity index is 1.59. The monoisotopic (exact) mass is 357 g/mol. The highest BCUT2D eigenvalue weighted by molar-refractivity contribution is 7.80. The number of aryl methyl sites for hydroxylation is 1. The van der Waals surface area contributed by atoms with Crippen LogP contribution in [0.5, 0.6) is 0 Å². The van der Waals surface area contributed by atoms with Crippen LogP contribution < -0.4 is 10.6 Å². The molecule has 24 heavy (non-hydrogen) atoms. The van der Waals surface area contributed by atoms with Crippen LogP contribution in [0.4, 0.5) is 11.6 Å². The predicted molar refractivity (Wildman–Crippen MR) is 102 cm³/mol. The van der Waals surface area contributed by atoms with Crippen LogP contribution in [-0.4, -0.2) is 19.9 Å². The average molecular weight is 358 g/mol. The third kappa shape index (κ3) is 4.53. The van der Waals surface area contributed by atoms with Crippen LogP contribution >= 0.6 is 23.8 Å². The lowest BCUT2D eigenvalue weighted by atomic mass is 10.1. The summed E-state index contributed by atoms with van der Waals surface area (Å²) in [5.41, 5.74) is 3.20. The highest BCUT2D eigenvalue weighted by Crippen LogP contribution is 2.15. The van der Waals surface area contributed by atoms with Gasteiger partial charge in [-0.2, -0.15) is 0 Å². The molecule has 5 nitrogen and oxygen atoms in total. The second-order valence-corrected chi connectivity index (χ2v) is 6.19. The summed E-state index contributed by atoms with van der Waals surface area (Å²) in [7, 11) is 0. The van der Waals surface area contributed by atoms with Gasteiger partial charge in [-0.05, 0) is 42.9 Å². The number of benzene rings is 2. The molecule has 3 rings (SSSR count). The molecule has 0 aliphatic heterocycles. The molecule has 0 spiro atoms. The van der Waals surface area contributed by atoms with Crippen LogP contribution in [-0.2, 0) is 6.54 Å². The van der Waals surface area contributed by atoms with E-state index in [1.165, 1.54) is 5.56 Å². The van der Waals surface area contributed by atoms with E-state index in [1.807, 2.05) is 12.1 Å². The Kier molecular flexibility index (Phi) is 5.08. The Morgan fingerprint density at radius 2 is 1.96 bits per heavy atom. The van der Waals surface area contributed by atoms with Crippen molar-refractivity contribution in [3.8, 4) is 0 Å². The summed E-state index contributed by atoms with van der Waals surface area (Å²) >= 11 is 11.2. The first kappa shape index (κ1) is 16.4. The third-order valence-electron chi connectivity index (χ3n) is 3.31. The maximum atomic E-state index is 5.95. The molecule has 0 aliphatic carbocycles. The van der Waals surface area contributed by atoms with Gasteiger partial charge < -0.3 is 5.32 Å². The largest absolute Gasteiger partial charge is 0.332 e. The van der Waals surface area contributed by atoms with E-state index < -0.39 is 0 Å². The summed E-state index contributed by atoms with van der Waals surface area (Å²) in [5, 5.41) is 11.4. The highest BCUT2D eigenvalue weighted by atomic mass is 35.5. The number of halogens is 1. The van der Waals surface area contributed by atoms with Gasteiger partial charge >= 0.3 is 0 Å². The average Bonchev–Trinajstić information content (AvgIpc) is 2.96. The molecular weight excluding hydrogens is 342 g/mol. The van der Waals surface area contributed by atoms with E-state index in [1.54, 1.807) is 23.1 Å². The zero-order valence-corrected chi connectivity index (χ0v) is 14.6. The number of nitrogens with zero attached hydrogens (tertiary/aromatic N) is 3. The SMILES string of the molecule is Cc1ccc(Cn2cnc(NC(=S)Nc3cccc(Cl)c3)n2)cc1. The van der Waals surface area contributed by atoms with Crippen molar-refractivity contribution in [3.05, 3.63) is 71.0 Å². The number of thiocarbonyl (C=S) groups is 1. The molecule has 0 aliphatic rings. The number of nitrogens with one attached hydrogen (secondary N) is 2. The van der Waals surface area contributed by atoms with Gasteiger partial charge in [0.05, 0.1) is 6.54 Å². The smallest absolute Gasteiger partial charge is 0.248 e. The van der Waals surface area contributed by atoms with Gasteiger partial charge in [-0.3, -0.25) is 5.32 Å². The molecule has 0 radical (unpaired) electrons. The summed E-state index contributed by atoms with van der Waals surface area (Å²) in [6.07, 6.45) is 1.67. The van der Waals surface area contributed by atoms with Gasteiger partial charge in [-0.1, -0.05) is 47.5 Å². The molecule has 0 bridgehead atoms. The number of hydrogen-bond donors (Lipinski definition) is 2. The van der Waals surface area contributed by atoms with Gasteiger partial charge in [0, 0.05) is 10.7 Å². The summed E-state index contributed by atoms with van der Waals surface area (Å²) in [4.78, 5) is 4.22. The number of anilines is 2. The van der Waals surface area contributed by atoms with E-state index in [4.69, 9.17) is 23.8 Å². The first-order chi connectivity index (χ1) is 11.6. The summed E-state index contributed by atoms with van der Waals surface area (Å²) in [5.74, 6) is 0.446. The van der Waals surface area contributed by atoms with Crippen LogP contribution in [0.2, 0.25) is 5.02 Å². The number of aromatic nitrogens is 3. The number of hydrogen-bond acceptors (Lipinski definition) is 3. The van der Waals surface area contributed by atoms with Crippen LogP contribution in [0.3, 0.4) is 0 Å². The van der Waals surface area contributed by atoms with Gasteiger partial charge in [0.2, 0.25) is 5.95 Å². The van der Waals surface area contributed by atoms with Crippen LogP contribution in [0.25, 0.3) is 0 Å². The lowest BCUT2D eigenvalue weighted by Crippen LogP contribution is -2.20. The molecule has 2 N–H and O–H groups in total. The van der Waals surface area contributed by atoms with Crippen molar-refractivity contribution >= 4 is 40.6 Å². The van der Waals surface area contributed by atoms with Crippen molar-refractivity contribution in [2.45, 2.75) is 13.5 Å². The van der Waals surface area contributed by atoms with E-state index in [0.29, 0.717) is 22.6 Å². The topological polar surface area (TPSA) is 54.8 Å². The molecule has 0 fully saturated rings. The Hall–Kier alpha value is -2.44. The molecule has 1 aromatic heterocycles. The molecule has 0 saturated heterocycles. The predicted octanol–water partition coefficient (Wildman–Crippen LogP) is 4.10. The maximum absolute atomic E-state index is 5.95. The molecule has 0 unspecified atom stereocenters. The highest BCUT2D eigenvalue weighted by Gasteiger charge is 2.05. The molecule has 0 atom stereocenters. The van der Waals surface area contributed by atoms with E-state index >= 15 is 0 Å². The Bertz CT molecular complexity index is 844. The zero-order valence-electron chi connectivity index (χ0n) is 13.0. The molecule has 7 heteroatoms. The van der Waals surface area contributed by atoms with Crippen molar-refractivity contribution < 1.29 is 0 Å². The van der Waals surface area contributed by atoms with Crippen molar-refractivity contribution in [3.63, 3.8) is 0 Å². The van der Waals surface area contributed by atoms with E-state index in [2.05, 4.69) is 51.9 Å². The molecular formula is C17H16ClN5S. The van der Waals surface area contributed by atoms with Crippen molar-refractivity contribution in [1.29, 1.82) is 0 Å². The molecule has 3 aromatic rings. The van der Waals surface area contributed by atoms with Crippen LogP contribution in [0.15, 0.2) is 54.9 Å². The molecule has 2 aromatic carbocycles. The van der Waals surface area contributed by atoms with E-state index in [0.717, 1.165) is 11.3 Å². The molecule has 0 saturated carbocycles. The van der Waals surface area contributed by atoms with Gasteiger partial charge in [-0.25, -0.2) is 9.67 Å². The second-order valence-electron chi connectivity index (χ2n) is 5.34. The standard InChI is InChI=1S/C17H16ClN5S/c1-12-5-7-13(8-6-12)10-23-11-19-16(22-23)21-17(24)20-15-4-2-3-14(18)9-15/h2-9,11H,10H2,1H3,(H2,20,21,22,24). The van der Waals surface area contributed by atoms with E-state index in [-0.39, 0.29) is 0 Å². The quantitative estimate of drug-likeness (QED) is 0.688. The van der Waals surface area contributed by atoms with E-state index in [9.17, 15) is 0 Å². The van der Waals surface area contributed by atoms with Crippen molar-refractivity contribution in [2.24, 2.45) is 0 Å². The van der Waals surface area contributed by atoms with Crippen LogP contribution in [0.1, 0.15) is 11.1 Å². The first-order valence-corrected chi connectivity index (χ1v) is 8.16. The van der Waals surface area contributed by atoms with Crippen molar-refractivity contribution in [2.75, 3.05) is 10.6 Å². The summed E-state index contributed by atoms with van der Waals surface area (Å²) in [6.45, 7) is 2.72. The van der Waals surface area contributed by atoms with Gasteiger partial charge in [0.25, 0.3) is 0 Å². The lowest BCUT2D eigenvalue weighted by molar-refractivity contribution is 0.687. The normalized spacial score (nSPS) is 10.4. The van der Waals surface area contributed by atoms with Crippen molar-refractivity contribution in [1.82, 2.24) is 14.8 Å². The third-order valence-corrected chi connectivity index (χ3v) is 3.75. The minimum absolute atomic E-state index is 0.408. The fourth-order valence-electron chi connectivity index (χ4n) is 2.14. The van der Waals surface area contributed by atoms with Gasteiger partial charge in [0.15, 0.2) is 5.11 Å². The fraction of sp³-hybridized carbons (Fsp3) is 0.118. The molecule has 0 amide bonds.